The molecule has 0 atom stereocenters. The van der Waals surface area contributed by atoms with Gasteiger partial charge in [0, 0.05) is 32.3 Å². The Hall–Kier alpha value is -2.42. The molecule has 1 saturated carbocycles. The fraction of sp³-hybridized carbons (Fsp3) is 0.609. The number of carbonyl (C=O) groups is 2. The van der Waals surface area contributed by atoms with Crippen LogP contribution in [0.1, 0.15) is 63.6 Å². The summed E-state index contributed by atoms with van der Waals surface area (Å²) in [6, 6.07) is 4.16. The lowest BCUT2D eigenvalue weighted by Crippen LogP contribution is -2.39. The van der Waals surface area contributed by atoms with Crippen LogP contribution in [-0.4, -0.2) is 66.7 Å². The van der Waals surface area contributed by atoms with E-state index in [9.17, 15) is 9.59 Å². The first-order valence-corrected chi connectivity index (χ1v) is 12.6. The van der Waals surface area contributed by atoms with Crippen LogP contribution in [0.15, 0.2) is 29.7 Å². The van der Waals surface area contributed by atoms with Crippen LogP contribution in [0, 0.1) is 0 Å². The van der Waals surface area contributed by atoms with Gasteiger partial charge in [-0.15, -0.1) is 10.2 Å². The zero-order chi connectivity index (χ0) is 22.3. The second-order valence-electron chi connectivity index (χ2n) is 8.66. The molecule has 172 valence electrons. The fourth-order valence-corrected chi connectivity index (χ4v) is 5.41. The number of carbonyl (C=O) groups excluding carboxylic acids is 2. The second kappa shape index (κ2) is 10.9. The van der Waals surface area contributed by atoms with Gasteiger partial charge in [-0.05, 0) is 37.8 Å². The third-order valence-electron chi connectivity index (χ3n) is 6.45. The number of thioether (sulfide) groups is 1. The summed E-state index contributed by atoms with van der Waals surface area (Å²) in [6.45, 7) is 1.16. The molecule has 9 heteroatoms. The van der Waals surface area contributed by atoms with Crippen molar-refractivity contribution >= 4 is 23.6 Å². The van der Waals surface area contributed by atoms with E-state index in [1.54, 1.807) is 12.4 Å². The average molecular weight is 457 g/mol. The molecule has 0 spiro atoms. The topological polar surface area (TPSA) is 84.2 Å². The van der Waals surface area contributed by atoms with E-state index >= 15 is 0 Å². The van der Waals surface area contributed by atoms with Gasteiger partial charge in [-0.25, -0.2) is 0 Å². The highest BCUT2D eigenvalue weighted by Gasteiger charge is 2.25. The number of hydrogen-bond acceptors (Lipinski definition) is 6. The number of nitrogens with zero attached hydrogens (tertiary/aromatic N) is 6. The summed E-state index contributed by atoms with van der Waals surface area (Å²) in [4.78, 5) is 33.4. The van der Waals surface area contributed by atoms with Crippen LogP contribution in [0.5, 0.6) is 0 Å². The van der Waals surface area contributed by atoms with Crippen molar-refractivity contribution in [1.82, 2.24) is 29.5 Å². The first-order chi connectivity index (χ1) is 15.6. The number of hydrogen-bond donors (Lipinski definition) is 0. The van der Waals surface area contributed by atoms with Gasteiger partial charge in [-0.1, -0.05) is 37.4 Å². The molecule has 1 aliphatic heterocycles. The molecule has 2 aromatic rings. The SMILES string of the molecule is CN(C(=O)CSc1nnc(CN2CCCCCC2=O)n1-c1cccnc1)C1CCCCC1. The summed E-state index contributed by atoms with van der Waals surface area (Å²) < 4.78 is 1.93. The Balaban J connectivity index is 1.50. The van der Waals surface area contributed by atoms with Gasteiger partial charge in [0.15, 0.2) is 11.0 Å². The van der Waals surface area contributed by atoms with Crippen molar-refractivity contribution in [3.05, 3.63) is 30.4 Å². The van der Waals surface area contributed by atoms with Gasteiger partial charge in [-0.3, -0.25) is 19.1 Å². The van der Waals surface area contributed by atoms with Gasteiger partial charge in [0.1, 0.15) is 0 Å². The molecule has 0 aromatic carbocycles. The van der Waals surface area contributed by atoms with Gasteiger partial charge in [0.05, 0.1) is 24.2 Å². The highest BCUT2D eigenvalue weighted by Crippen LogP contribution is 2.26. The van der Waals surface area contributed by atoms with Crippen LogP contribution in [0.2, 0.25) is 0 Å². The minimum atomic E-state index is 0.117. The first-order valence-electron chi connectivity index (χ1n) is 11.6. The van der Waals surface area contributed by atoms with Crippen molar-refractivity contribution in [2.75, 3.05) is 19.3 Å². The van der Waals surface area contributed by atoms with Gasteiger partial charge >= 0.3 is 0 Å². The lowest BCUT2D eigenvalue weighted by Gasteiger charge is -2.31. The van der Waals surface area contributed by atoms with Gasteiger partial charge in [0.25, 0.3) is 0 Å². The zero-order valence-electron chi connectivity index (χ0n) is 18.8. The zero-order valence-corrected chi connectivity index (χ0v) is 19.6. The molecule has 2 fully saturated rings. The normalized spacial score (nSPS) is 17.9. The van der Waals surface area contributed by atoms with E-state index < -0.39 is 0 Å². The number of rotatable bonds is 7. The van der Waals surface area contributed by atoms with Crippen molar-refractivity contribution in [3.63, 3.8) is 0 Å². The number of aromatic nitrogens is 4. The number of pyridine rings is 1. The molecule has 32 heavy (non-hydrogen) atoms. The molecule has 0 unspecified atom stereocenters. The van der Waals surface area contributed by atoms with Crippen LogP contribution in [0.3, 0.4) is 0 Å². The smallest absolute Gasteiger partial charge is 0.233 e. The fourth-order valence-electron chi connectivity index (χ4n) is 4.52. The Morgan fingerprint density at radius 3 is 2.75 bits per heavy atom. The van der Waals surface area contributed by atoms with E-state index in [0.29, 0.717) is 35.7 Å². The van der Waals surface area contributed by atoms with Gasteiger partial charge in [-0.2, -0.15) is 0 Å². The molecule has 1 aliphatic carbocycles. The van der Waals surface area contributed by atoms with Crippen molar-refractivity contribution in [1.29, 1.82) is 0 Å². The van der Waals surface area contributed by atoms with E-state index in [0.717, 1.165) is 44.3 Å². The monoisotopic (exact) mass is 456 g/mol. The van der Waals surface area contributed by atoms with E-state index in [2.05, 4.69) is 15.2 Å². The Labute approximate surface area is 193 Å². The third kappa shape index (κ3) is 5.49. The molecule has 0 N–H and O–H groups in total. The maximum atomic E-state index is 12.9. The minimum absolute atomic E-state index is 0.117. The molecule has 4 rings (SSSR count). The summed E-state index contributed by atoms with van der Waals surface area (Å²) in [7, 11) is 1.92. The van der Waals surface area contributed by atoms with Crippen LogP contribution < -0.4 is 0 Å². The molecule has 1 saturated heterocycles. The second-order valence-corrected chi connectivity index (χ2v) is 9.60. The van der Waals surface area contributed by atoms with E-state index in [1.807, 2.05) is 33.5 Å². The lowest BCUT2D eigenvalue weighted by molar-refractivity contribution is -0.131. The highest BCUT2D eigenvalue weighted by atomic mass is 32.2. The maximum absolute atomic E-state index is 12.9. The number of amides is 2. The molecule has 0 radical (unpaired) electrons. The van der Waals surface area contributed by atoms with E-state index in [4.69, 9.17) is 0 Å². The maximum Gasteiger partial charge on any atom is 0.233 e. The Morgan fingerprint density at radius 2 is 1.97 bits per heavy atom. The predicted molar refractivity (Wildman–Crippen MR) is 123 cm³/mol. The van der Waals surface area contributed by atoms with Crippen LogP contribution in [-0.2, 0) is 16.1 Å². The first kappa shape index (κ1) is 22.8. The molecular weight excluding hydrogens is 424 g/mol. The Kier molecular flexibility index (Phi) is 7.78. The summed E-state index contributed by atoms with van der Waals surface area (Å²) >= 11 is 1.40. The van der Waals surface area contributed by atoms with Crippen LogP contribution in [0.4, 0.5) is 0 Å². The van der Waals surface area contributed by atoms with Crippen molar-refractivity contribution in [3.8, 4) is 5.69 Å². The minimum Gasteiger partial charge on any atom is -0.342 e. The largest absolute Gasteiger partial charge is 0.342 e. The molecule has 2 aliphatic rings. The molecule has 3 heterocycles. The lowest BCUT2D eigenvalue weighted by atomic mass is 9.94. The Morgan fingerprint density at radius 1 is 1.16 bits per heavy atom. The highest BCUT2D eigenvalue weighted by molar-refractivity contribution is 7.99. The van der Waals surface area contributed by atoms with Crippen LogP contribution >= 0.6 is 11.8 Å². The van der Waals surface area contributed by atoms with Crippen molar-refractivity contribution in [2.45, 2.75) is 75.5 Å². The van der Waals surface area contributed by atoms with Gasteiger partial charge in [0.2, 0.25) is 11.8 Å². The van der Waals surface area contributed by atoms with Crippen molar-refractivity contribution < 1.29 is 9.59 Å². The molecule has 2 amide bonds. The average Bonchev–Trinajstić information content (AvgIpc) is 3.12. The Bertz CT molecular complexity index is 912. The summed E-state index contributed by atoms with van der Waals surface area (Å²) in [5.74, 6) is 1.30. The third-order valence-corrected chi connectivity index (χ3v) is 7.36. The van der Waals surface area contributed by atoms with Crippen molar-refractivity contribution in [2.24, 2.45) is 0 Å². The van der Waals surface area contributed by atoms with E-state index in [1.165, 1.54) is 31.0 Å². The summed E-state index contributed by atoms with van der Waals surface area (Å²) in [6.07, 6.45) is 13.0. The quantitative estimate of drug-likeness (QED) is 0.594. The molecular formula is C23H32N6O2S. The van der Waals surface area contributed by atoms with Gasteiger partial charge < -0.3 is 9.80 Å². The standard InChI is InChI=1S/C23H32N6O2S/c1-27(18-9-4-2-5-10-18)22(31)17-32-23-26-25-20(29(23)19-11-8-13-24-15-19)16-28-14-7-3-6-12-21(28)30/h8,11,13,15,18H,2-7,9-10,12,14,16-17H2,1H3. The van der Waals surface area contributed by atoms with Crippen LogP contribution in [0.25, 0.3) is 5.69 Å². The predicted octanol–water partition coefficient (Wildman–Crippen LogP) is 3.45. The van der Waals surface area contributed by atoms with E-state index in [-0.39, 0.29) is 11.8 Å². The molecule has 0 bridgehead atoms. The molecule has 2 aromatic heterocycles. The summed E-state index contributed by atoms with van der Waals surface area (Å²) in [5, 5.41) is 9.45. The molecule has 8 nitrogen and oxygen atoms in total. The number of likely N-dealkylation sites (tertiary alicyclic amines) is 1. The summed E-state index contributed by atoms with van der Waals surface area (Å²) in [5.41, 5.74) is 0.838.